The van der Waals surface area contributed by atoms with Crippen LogP contribution >= 0.6 is 0 Å². The lowest BCUT2D eigenvalue weighted by Gasteiger charge is -2.15. The van der Waals surface area contributed by atoms with Crippen LogP contribution in [0.5, 0.6) is 5.75 Å². The largest absolute Gasteiger partial charge is 0.494 e. The average Bonchev–Trinajstić information content (AvgIpc) is 2.36. The van der Waals surface area contributed by atoms with Gasteiger partial charge >= 0.3 is 0 Å². The highest BCUT2D eigenvalue weighted by atomic mass is 16.5. The van der Waals surface area contributed by atoms with Crippen molar-refractivity contribution in [1.29, 1.82) is 0 Å². The summed E-state index contributed by atoms with van der Waals surface area (Å²) < 4.78 is 5.69. The number of hydrogen-bond donors (Lipinski definition) is 1. The first-order valence-electron chi connectivity index (χ1n) is 6.69. The topological polar surface area (TPSA) is 21.3 Å². The van der Waals surface area contributed by atoms with Crippen LogP contribution in [0.15, 0.2) is 30.3 Å². The van der Waals surface area contributed by atoms with E-state index in [2.05, 4.69) is 12.2 Å². The van der Waals surface area contributed by atoms with Gasteiger partial charge in [0.1, 0.15) is 5.75 Å². The van der Waals surface area contributed by atoms with E-state index in [0.29, 0.717) is 0 Å². The molecule has 17 heavy (non-hydrogen) atoms. The fourth-order valence-electron chi connectivity index (χ4n) is 2.12. The molecule has 0 bridgehead atoms. The van der Waals surface area contributed by atoms with Gasteiger partial charge in [-0.1, -0.05) is 31.5 Å². The SMILES string of the molecule is CCCC(CCCOc1ccccc1)CNC. The Morgan fingerprint density at radius 1 is 1.18 bits per heavy atom. The molecule has 1 aromatic rings. The Morgan fingerprint density at radius 2 is 1.94 bits per heavy atom. The first-order chi connectivity index (χ1) is 8.36. The van der Waals surface area contributed by atoms with Crippen molar-refractivity contribution in [3.05, 3.63) is 30.3 Å². The van der Waals surface area contributed by atoms with Crippen LogP contribution in [-0.2, 0) is 0 Å². The van der Waals surface area contributed by atoms with Crippen molar-refractivity contribution in [2.75, 3.05) is 20.2 Å². The van der Waals surface area contributed by atoms with Crippen molar-refractivity contribution in [2.45, 2.75) is 32.6 Å². The number of ether oxygens (including phenoxy) is 1. The van der Waals surface area contributed by atoms with Crippen LogP contribution in [0, 0.1) is 5.92 Å². The molecule has 2 nitrogen and oxygen atoms in total. The molecule has 0 aromatic heterocycles. The van der Waals surface area contributed by atoms with Crippen molar-refractivity contribution in [1.82, 2.24) is 5.32 Å². The molecule has 2 heteroatoms. The lowest BCUT2D eigenvalue weighted by molar-refractivity contribution is 0.286. The first-order valence-corrected chi connectivity index (χ1v) is 6.69. The monoisotopic (exact) mass is 235 g/mol. The number of hydrogen-bond acceptors (Lipinski definition) is 2. The highest BCUT2D eigenvalue weighted by Gasteiger charge is 2.06. The summed E-state index contributed by atoms with van der Waals surface area (Å²) in [6.07, 6.45) is 4.97. The van der Waals surface area contributed by atoms with Crippen LogP contribution in [0.2, 0.25) is 0 Å². The summed E-state index contributed by atoms with van der Waals surface area (Å²) in [4.78, 5) is 0. The zero-order valence-electron chi connectivity index (χ0n) is 11.1. The molecule has 1 N–H and O–H groups in total. The maximum absolute atomic E-state index is 5.69. The van der Waals surface area contributed by atoms with E-state index in [1.165, 1.54) is 19.3 Å². The second-order valence-electron chi connectivity index (χ2n) is 4.52. The van der Waals surface area contributed by atoms with Gasteiger partial charge in [0.05, 0.1) is 6.61 Å². The normalized spacial score (nSPS) is 12.4. The molecule has 0 amide bonds. The van der Waals surface area contributed by atoms with E-state index < -0.39 is 0 Å². The summed E-state index contributed by atoms with van der Waals surface area (Å²) in [5.74, 6) is 1.78. The molecular weight excluding hydrogens is 210 g/mol. The zero-order valence-corrected chi connectivity index (χ0v) is 11.1. The van der Waals surface area contributed by atoms with E-state index in [4.69, 9.17) is 4.74 Å². The zero-order chi connectivity index (χ0) is 12.3. The first kappa shape index (κ1) is 14.0. The highest BCUT2D eigenvalue weighted by Crippen LogP contribution is 2.14. The maximum Gasteiger partial charge on any atom is 0.119 e. The van der Waals surface area contributed by atoms with Crippen LogP contribution in [0.3, 0.4) is 0 Å². The van der Waals surface area contributed by atoms with Gasteiger partial charge in [-0.2, -0.15) is 0 Å². The molecule has 0 saturated heterocycles. The summed E-state index contributed by atoms with van der Waals surface area (Å²) in [5, 5.41) is 3.27. The van der Waals surface area contributed by atoms with E-state index in [1.54, 1.807) is 0 Å². The second-order valence-corrected chi connectivity index (χ2v) is 4.52. The summed E-state index contributed by atoms with van der Waals surface area (Å²) in [6, 6.07) is 10.1. The average molecular weight is 235 g/mol. The van der Waals surface area contributed by atoms with Crippen molar-refractivity contribution < 1.29 is 4.74 Å². The third-order valence-electron chi connectivity index (χ3n) is 2.96. The molecule has 1 rings (SSSR count). The molecule has 96 valence electrons. The molecule has 0 heterocycles. The Bertz CT molecular complexity index is 268. The van der Waals surface area contributed by atoms with Gasteiger partial charge in [0.15, 0.2) is 0 Å². The van der Waals surface area contributed by atoms with Crippen molar-refractivity contribution in [2.24, 2.45) is 5.92 Å². The molecule has 1 unspecified atom stereocenters. The van der Waals surface area contributed by atoms with Gasteiger partial charge in [0.25, 0.3) is 0 Å². The Morgan fingerprint density at radius 3 is 2.59 bits per heavy atom. The third kappa shape index (κ3) is 6.32. The number of benzene rings is 1. The minimum Gasteiger partial charge on any atom is -0.494 e. The quantitative estimate of drug-likeness (QED) is 0.662. The van der Waals surface area contributed by atoms with Crippen LogP contribution in [0.4, 0.5) is 0 Å². The molecule has 0 radical (unpaired) electrons. The summed E-state index contributed by atoms with van der Waals surface area (Å²) in [5.41, 5.74) is 0. The molecule has 0 aliphatic carbocycles. The van der Waals surface area contributed by atoms with Gasteiger partial charge in [-0.05, 0) is 50.9 Å². The molecule has 0 aliphatic rings. The lowest BCUT2D eigenvalue weighted by atomic mass is 9.98. The number of nitrogens with one attached hydrogen (secondary N) is 1. The van der Waals surface area contributed by atoms with E-state index in [0.717, 1.165) is 31.2 Å². The number of para-hydroxylation sites is 1. The van der Waals surface area contributed by atoms with Crippen LogP contribution in [-0.4, -0.2) is 20.2 Å². The molecule has 0 fully saturated rings. The minimum atomic E-state index is 0.796. The smallest absolute Gasteiger partial charge is 0.119 e. The van der Waals surface area contributed by atoms with Crippen molar-refractivity contribution in [3.63, 3.8) is 0 Å². The molecular formula is C15H25NO. The van der Waals surface area contributed by atoms with E-state index in [9.17, 15) is 0 Å². The molecule has 0 aliphatic heterocycles. The Labute approximate surface area is 105 Å². The van der Waals surface area contributed by atoms with Gasteiger partial charge in [-0.25, -0.2) is 0 Å². The van der Waals surface area contributed by atoms with E-state index in [-0.39, 0.29) is 0 Å². The highest BCUT2D eigenvalue weighted by molar-refractivity contribution is 5.20. The molecule has 1 atom stereocenters. The predicted molar refractivity (Wildman–Crippen MR) is 73.5 cm³/mol. The summed E-state index contributed by atoms with van der Waals surface area (Å²) >= 11 is 0. The summed E-state index contributed by atoms with van der Waals surface area (Å²) in [7, 11) is 2.03. The molecule has 1 aromatic carbocycles. The van der Waals surface area contributed by atoms with Gasteiger partial charge < -0.3 is 10.1 Å². The van der Waals surface area contributed by atoms with Gasteiger partial charge in [0, 0.05) is 0 Å². The Kier molecular flexibility index (Phi) is 7.48. The van der Waals surface area contributed by atoms with Crippen LogP contribution < -0.4 is 10.1 Å². The van der Waals surface area contributed by atoms with Crippen molar-refractivity contribution >= 4 is 0 Å². The number of rotatable bonds is 9. The Hall–Kier alpha value is -1.02. The van der Waals surface area contributed by atoms with Gasteiger partial charge in [-0.3, -0.25) is 0 Å². The van der Waals surface area contributed by atoms with Crippen LogP contribution in [0.1, 0.15) is 32.6 Å². The van der Waals surface area contributed by atoms with E-state index in [1.807, 2.05) is 37.4 Å². The molecule has 0 saturated carbocycles. The fourth-order valence-corrected chi connectivity index (χ4v) is 2.12. The van der Waals surface area contributed by atoms with Gasteiger partial charge in [0.2, 0.25) is 0 Å². The second kappa shape index (κ2) is 9.06. The van der Waals surface area contributed by atoms with Crippen LogP contribution in [0.25, 0.3) is 0 Å². The fraction of sp³-hybridized carbons (Fsp3) is 0.600. The van der Waals surface area contributed by atoms with Gasteiger partial charge in [-0.15, -0.1) is 0 Å². The van der Waals surface area contributed by atoms with Crippen molar-refractivity contribution in [3.8, 4) is 5.75 Å². The maximum atomic E-state index is 5.69. The van der Waals surface area contributed by atoms with E-state index >= 15 is 0 Å². The predicted octanol–water partition coefficient (Wildman–Crippen LogP) is 3.48. The summed E-state index contributed by atoms with van der Waals surface area (Å²) in [6.45, 7) is 4.20. The Balaban J connectivity index is 2.13. The standard InChI is InChI=1S/C15H25NO/c1-3-8-14(13-16-2)9-7-12-17-15-10-5-4-6-11-15/h4-6,10-11,14,16H,3,7-9,12-13H2,1-2H3. The lowest BCUT2D eigenvalue weighted by Crippen LogP contribution is -2.19. The minimum absolute atomic E-state index is 0.796. The third-order valence-corrected chi connectivity index (χ3v) is 2.96. The molecule has 0 spiro atoms.